The highest BCUT2D eigenvalue weighted by Crippen LogP contribution is 2.29. The van der Waals surface area contributed by atoms with E-state index in [4.69, 9.17) is 4.42 Å². The second kappa shape index (κ2) is 15.2. The monoisotopic (exact) mass is 683 g/mol. The predicted octanol–water partition coefficient (Wildman–Crippen LogP) is 6.07. The molecular formula is C39H37N7O5. The highest BCUT2D eigenvalue weighted by molar-refractivity contribution is 5.97. The SMILES string of the molecule is O=C(C[C@@H]1CCCN1C(=O)c1ccncc1)Nc1ccc(-c2cnc(-c3ccc(NC(=O)C[C@@H]4CCCN4C(=O)c4ccncc4)cc3)o2)cc1. The number of carbonyl (C=O) groups excluding carboxylic acids is 4. The van der Waals surface area contributed by atoms with E-state index in [0.29, 0.717) is 47.2 Å². The third kappa shape index (κ3) is 7.85. The van der Waals surface area contributed by atoms with E-state index < -0.39 is 0 Å². The average Bonchev–Trinajstić information content (AvgIpc) is 3.95. The number of rotatable bonds is 10. The summed E-state index contributed by atoms with van der Waals surface area (Å²) in [5.41, 5.74) is 3.97. The summed E-state index contributed by atoms with van der Waals surface area (Å²) in [7, 11) is 0. The van der Waals surface area contributed by atoms with Crippen LogP contribution in [0.2, 0.25) is 0 Å². The van der Waals surface area contributed by atoms with Crippen LogP contribution >= 0.6 is 0 Å². The van der Waals surface area contributed by atoms with Gasteiger partial charge in [0.1, 0.15) is 0 Å². The molecule has 5 heterocycles. The number of carbonyl (C=O) groups is 4. The smallest absolute Gasteiger partial charge is 0.254 e. The minimum atomic E-state index is -0.156. The van der Waals surface area contributed by atoms with Gasteiger partial charge >= 0.3 is 0 Å². The van der Waals surface area contributed by atoms with Crippen LogP contribution in [0.25, 0.3) is 22.8 Å². The molecule has 0 spiro atoms. The molecule has 5 aromatic rings. The van der Waals surface area contributed by atoms with Gasteiger partial charge in [-0.2, -0.15) is 0 Å². The second-order valence-corrected chi connectivity index (χ2v) is 12.7. The highest BCUT2D eigenvalue weighted by atomic mass is 16.4. The minimum Gasteiger partial charge on any atom is -0.436 e. The van der Waals surface area contributed by atoms with E-state index in [9.17, 15) is 19.2 Å². The summed E-state index contributed by atoms with van der Waals surface area (Å²) in [5.74, 6) is 0.532. The number of nitrogens with zero attached hydrogens (tertiary/aromatic N) is 5. The van der Waals surface area contributed by atoms with Crippen LogP contribution in [-0.4, -0.2) is 73.6 Å². The van der Waals surface area contributed by atoms with Crippen LogP contribution in [0.1, 0.15) is 59.2 Å². The molecule has 2 N–H and O–H groups in total. The van der Waals surface area contributed by atoms with Crippen LogP contribution in [0.3, 0.4) is 0 Å². The Morgan fingerprint density at radius 1 is 0.627 bits per heavy atom. The summed E-state index contributed by atoms with van der Waals surface area (Å²) in [5, 5.41) is 5.89. The van der Waals surface area contributed by atoms with Gasteiger partial charge < -0.3 is 24.9 Å². The van der Waals surface area contributed by atoms with Crippen LogP contribution < -0.4 is 10.6 Å². The normalized spacial score (nSPS) is 16.9. The van der Waals surface area contributed by atoms with Gasteiger partial charge in [0, 0.05) is 96.4 Å². The minimum absolute atomic E-state index is 0.0783. The summed E-state index contributed by atoms with van der Waals surface area (Å²) in [4.78, 5) is 67.7. The fourth-order valence-corrected chi connectivity index (χ4v) is 6.76. The molecule has 0 bridgehead atoms. The molecule has 2 aliphatic heterocycles. The lowest BCUT2D eigenvalue weighted by Gasteiger charge is -2.24. The summed E-state index contributed by atoms with van der Waals surface area (Å²) >= 11 is 0. The third-order valence-corrected chi connectivity index (χ3v) is 9.35. The van der Waals surface area contributed by atoms with E-state index in [-0.39, 0.29) is 48.6 Å². The zero-order valence-electron chi connectivity index (χ0n) is 27.9. The number of hydrogen-bond acceptors (Lipinski definition) is 8. The van der Waals surface area contributed by atoms with Crippen LogP contribution in [0.4, 0.5) is 11.4 Å². The number of pyridine rings is 2. The van der Waals surface area contributed by atoms with Crippen molar-refractivity contribution in [1.29, 1.82) is 0 Å². The van der Waals surface area contributed by atoms with Crippen LogP contribution in [0.5, 0.6) is 0 Å². The number of hydrogen-bond donors (Lipinski definition) is 2. The quantitative estimate of drug-likeness (QED) is 0.180. The molecule has 4 amide bonds. The molecule has 12 nitrogen and oxygen atoms in total. The van der Waals surface area contributed by atoms with Gasteiger partial charge in [0.15, 0.2) is 5.76 Å². The molecule has 7 rings (SSSR count). The fraction of sp³-hybridized carbons (Fsp3) is 0.256. The van der Waals surface area contributed by atoms with Gasteiger partial charge in [0.25, 0.3) is 11.8 Å². The lowest BCUT2D eigenvalue weighted by molar-refractivity contribution is -0.117. The van der Waals surface area contributed by atoms with Gasteiger partial charge in [-0.05, 0) is 98.5 Å². The van der Waals surface area contributed by atoms with E-state index in [2.05, 4.69) is 25.6 Å². The predicted molar refractivity (Wildman–Crippen MR) is 190 cm³/mol. The second-order valence-electron chi connectivity index (χ2n) is 12.7. The lowest BCUT2D eigenvalue weighted by atomic mass is 10.1. The Kier molecular flexibility index (Phi) is 9.91. The largest absolute Gasteiger partial charge is 0.436 e. The molecule has 0 saturated carbocycles. The van der Waals surface area contributed by atoms with Crippen molar-refractivity contribution in [2.24, 2.45) is 0 Å². The van der Waals surface area contributed by atoms with E-state index in [0.717, 1.165) is 36.8 Å². The first-order valence-corrected chi connectivity index (χ1v) is 17.1. The van der Waals surface area contributed by atoms with Crippen LogP contribution in [0.15, 0.2) is 108 Å². The number of anilines is 2. The van der Waals surface area contributed by atoms with Crippen LogP contribution in [-0.2, 0) is 9.59 Å². The summed E-state index contributed by atoms with van der Waals surface area (Å²) in [6, 6.07) is 21.0. The van der Waals surface area contributed by atoms with Gasteiger partial charge in [0.2, 0.25) is 17.7 Å². The van der Waals surface area contributed by atoms with Crippen LogP contribution in [0, 0.1) is 0 Å². The fourth-order valence-electron chi connectivity index (χ4n) is 6.76. The Hall–Kier alpha value is -6.17. The van der Waals surface area contributed by atoms with Gasteiger partial charge in [-0.15, -0.1) is 0 Å². The zero-order chi connectivity index (χ0) is 35.2. The number of nitrogens with one attached hydrogen (secondary N) is 2. The van der Waals surface area contributed by atoms with Crippen molar-refractivity contribution >= 4 is 35.0 Å². The Labute approximate surface area is 294 Å². The molecule has 258 valence electrons. The molecule has 0 aliphatic carbocycles. The third-order valence-electron chi connectivity index (χ3n) is 9.35. The number of benzene rings is 2. The molecule has 12 heteroatoms. The number of amides is 4. The average molecular weight is 684 g/mol. The maximum absolute atomic E-state index is 13.0. The zero-order valence-corrected chi connectivity index (χ0v) is 27.9. The molecule has 2 atom stereocenters. The molecule has 2 aromatic carbocycles. The Morgan fingerprint density at radius 2 is 1.08 bits per heavy atom. The molecule has 2 saturated heterocycles. The van der Waals surface area contributed by atoms with Crippen molar-refractivity contribution in [3.05, 3.63) is 115 Å². The van der Waals surface area contributed by atoms with Gasteiger partial charge in [0.05, 0.1) is 6.20 Å². The molecule has 0 unspecified atom stereocenters. The van der Waals surface area contributed by atoms with Gasteiger partial charge in [-0.1, -0.05) is 0 Å². The summed E-state index contributed by atoms with van der Waals surface area (Å²) in [6.45, 7) is 1.26. The Morgan fingerprint density at radius 3 is 1.55 bits per heavy atom. The van der Waals surface area contributed by atoms with E-state index >= 15 is 0 Å². The standard InChI is InChI=1S/C39H37N7O5/c47-35(23-32-3-1-21-45(32)38(49)28-13-17-40-18-14-28)43-30-9-5-26(6-10-30)34-25-42-37(51-34)27-7-11-31(12-8-27)44-36(48)24-33-4-2-22-46(33)39(50)29-15-19-41-20-16-29/h5-20,25,32-33H,1-4,21-24H2,(H,43,47)(H,44,48)/t32-,33-/m0/s1. The van der Waals surface area contributed by atoms with Crippen molar-refractivity contribution in [3.63, 3.8) is 0 Å². The van der Waals surface area contributed by atoms with Gasteiger partial charge in [-0.3, -0.25) is 29.1 Å². The van der Waals surface area contributed by atoms with Crippen molar-refractivity contribution in [2.75, 3.05) is 23.7 Å². The molecule has 2 fully saturated rings. The highest BCUT2D eigenvalue weighted by Gasteiger charge is 2.32. The topological polar surface area (TPSA) is 151 Å². The number of oxazole rings is 1. The molecular weight excluding hydrogens is 646 g/mol. The number of likely N-dealkylation sites (tertiary alicyclic amines) is 2. The summed E-state index contributed by atoms with van der Waals surface area (Å²) in [6.07, 6.45) is 11.8. The van der Waals surface area contributed by atoms with Crippen molar-refractivity contribution < 1.29 is 23.6 Å². The van der Waals surface area contributed by atoms with E-state index in [1.165, 1.54) is 0 Å². The lowest BCUT2D eigenvalue weighted by Crippen LogP contribution is -2.37. The first-order chi connectivity index (χ1) is 24.9. The van der Waals surface area contributed by atoms with Crippen molar-refractivity contribution in [1.82, 2.24) is 24.8 Å². The molecule has 2 aliphatic rings. The first kappa shape index (κ1) is 33.3. The van der Waals surface area contributed by atoms with Gasteiger partial charge in [-0.25, -0.2) is 4.98 Å². The van der Waals surface area contributed by atoms with E-state index in [1.807, 2.05) is 24.3 Å². The maximum Gasteiger partial charge on any atom is 0.254 e. The van der Waals surface area contributed by atoms with E-state index in [1.54, 1.807) is 89.3 Å². The molecule has 0 radical (unpaired) electrons. The molecule has 51 heavy (non-hydrogen) atoms. The van der Waals surface area contributed by atoms with Crippen molar-refractivity contribution in [3.8, 4) is 22.8 Å². The Balaban J connectivity index is 0.906. The Bertz CT molecular complexity index is 1860. The number of aromatic nitrogens is 3. The first-order valence-electron chi connectivity index (χ1n) is 17.1. The maximum atomic E-state index is 13.0. The molecule has 3 aromatic heterocycles. The summed E-state index contributed by atoms with van der Waals surface area (Å²) < 4.78 is 6.05. The van der Waals surface area contributed by atoms with Crippen molar-refractivity contribution in [2.45, 2.75) is 50.6 Å².